The fourth-order valence-electron chi connectivity index (χ4n) is 4.50. The van der Waals surface area contributed by atoms with Gasteiger partial charge in [0.15, 0.2) is 0 Å². The van der Waals surface area contributed by atoms with Crippen molar-refractivity contribution in [3.05, 3.63) is 35.6 Å². The molecule has 130 valence electrons. The maximum atomic E-state index is 13.5. The standard InChI is InChI=1S/C19H24FNO3/c20-16-3-1-15(2-4-16)19(7-11-23-12-8-19)17(22)21-9-5-18(13-21)6-10-24-14-18/h1-4H,5-14H2/t18-/m0/s1. The van der Waals surface area contributed by atoms with E-state index < -0.39 is 5.41 Å². The van der Waals surface area contributed by atoms with E-state index in [1.54, 1.807) is 12.1 Å². The molecule has 24 heavy (non-hydrogen) atoms. The Kier molecular flexibility index (Phi) is 4.09. The van der Waals surface area contributed by atoms with Crippen LogP contribution in [0, 0.1) is 11.2 Å². The predicted octanol–water partition coefficient (Wildman–Crippen LogP) is 2.51. The normalized spacial score (nSPS) is 29.3. The molecule has 3 fully saturated rings. The van der Waals surface area contributed by atoms with Crippen molar-refractivity contribution in [3.63, 3.8) is 0 Å². The number of ether oxygens (including phenoxy) is 2. The van der Waals surface area contributed by atoms with Crippen LogP contribution < -0.4 is 0 Å². The highest BCUT2D eigenvalue weighted by atomic mass is 19.1. The van der Waals surface area contributed by atoms with E-state index in [4.69, 9.17) is 9.47 Å². The summed E-state index contributed by atoms with van der Waals surface area (Å²) >= 11 is 0. The van der Waals surface area contributed by atoms with Crippen molar-refractivity contribution in [2.45, 2.75) is 31.1 Å². The molecule has 4 nitrogen and oxygen atoms in total. The van der Waals surface area contributed by atoms with Gasteiger partial charge in [0.1, 0.15) is 5.82 Å². The van der Waals surface area contributed by atoms with Crippen molar-refractivity contribution in [2.24, 2.45) is 5.41 Å². The first-order valence-corrected chi connectivity index (χ1v) is 8.85. The summed E-state index contributed by atoms with van der Waals surface area (Å²) in [7, 11) is 0. The Labute approximate surface area is 141 Å². The van der Waals surface area contributed by atoms with E-state index >= 15 is 0 Å². The summed E-state index contributed by atoms with van der Waals surface area (Å²) in [5, 5.41) is 0. The zero-order chi connectivity index (χ0) is 16.6. The van der Waals surface area contributed by atoms with Crippen LogP contribution >= 0.6 is 0 Å². The third-order valence-corrected chi connectivity index (χ3v) is 6.06. The van der Waals surface area contributed by atoms with Gasteiger partial charge in [-0.2, -0.15) is 0 Å². The Bertz CT molecular complexity index is 604. The molecule has 0 bridgehead atoms. The molecule has 0 unspecified atom stereocenters. The lowest BCUT2D eigenvalue weighted by Crippen LogP contribution is -2.49. The molecular weight excluding hydrogens is 309 g/mol. The minimum atomic E-state index is -0.572. The Balaban J connectivity index is 1.61. The molecule has 3 aliphatic heterocycles. The second kappa shape index (κ2) is 6.12. The van der Waals surface area contributed by atoms with Gasteiger partial charge in [-0.25, -0.2) is 4.39 Å². The van der Waals surface area contributed by atoms with E-state index in [2.05, 4.69) is 0 Å². The second-order valence-electron chi connectivity index (χ2n) is 7.48. The first-order valence-electron chi connectivity index (χ1n) is 8.85. The highest BCUT2D eigenvalue weighted by Gasteiger charge is 2.49. The Hall–Kier alpha value is -1.46. The van der Waals surface area contributed by atoms with Crippen LogP contribution in [-0.4, -0.2) is 50.3 Å². The van der Waals surface area contributed by atoms with Crippen LogP contribution in [0.15, 0.2) is 24.3 Å². The molecule has 5 heteroatoms. The highest BCUT2D eigenvalue weighted by molar-refractivity contribution is 5.88. The van der Waals surface area contributed by atoms with Gasteiger partial charge in [0.05, 0.1) is 12.0 Å². The van der Waals surface area contributed by atoms with E-state index in [0.29, 0.717) is 26.1 Å². The highest BCUT2D eigenvalue weighted by Crippen LogP contribution is 2.42. The zero-order valence-electron chi connectivity index (χ0n) is 13.9. The number of rotatable bonds is 2. The molecule has 1 amide bonds. The van der Waals surface area contributed by atoms with Crippen molar-refractivity contribution < 1.29 is 18.7 Å². The minimum Gasteiger partial charge on any atom is -0.381 e. The van der Waals surface area contributed by atoms with E-state index in [0.717, 1.165) is 44.7 Å². The maximum Gasteiger partial charge on any atom is 0.233 e. The largest absolute Gasteiger partial charge is 0.381 e. The number of hydrogen-bond donors (Lipinski definition) is 0. The first kappa shape index (κ1) is 16.0. The summed E-state index contributed by atoms with van der Waals surface area (Å²) < 4.78 is 24.4. The summed E-state index contributed by atoms with van der Waals surface area (Å²) in [6.07, 6.45) is 3.40. The van der Waals surface area contributed by atoms with Gasteiger partial charge in [-0.15, -0.1) is 0 Å². The van der Waals surface area contributed by atoms with Gasteiger partial charge in [0.2, 0.25) is 5.91 Å². The van der Waals surface area contributed by atoms with E-state index in [1.807, 2.05) is 4.90 Å². The SMILES string of the molecule is O=C(N1CC[C@]2(CCOC2)C1)C1(c2ccc(F)cc2)CCOCC1. The van der Waals surface area contributed by atoms with Gasteiger partial charge in [-0.3, -0.25) is 4.79 Å². The number of likely N-dealkylation sites (tertiary alicyclic amines) is 1. The molecule has 3 saturated heterocycles. The van der Waals surface area contributed by atoms with Crippen LogP contribution in [0.2, 0.25) is 0 Å². The molecule has 1 atom stereocenters. The molecule has 0 saturated carbocycles. The van der Waals surface area contributed by atoms with E-state index in [9.17, 15) is 9.18 Å². The molecule has 3 aliphatic rings. The minimum absolute atomic E-state index is 0.158. The molecule has 0 radical (unpaired) electrons. The van der Waals surface area contributed by atoms with Gasteiger partial charge < -0.3 is 14.4 Å². The molecule has 0 aromatic heterocycles. The van der Waals surface area contributed by atoms with Gasteiger partial charge in [0, 0.05) is 38.3 Å². The summed E-state index contributed by atoms with van der Waals surface area (Å²) in [6, 6.07) is 6.44. The lowest BCUT2D eigenvalue weighted by molar-refractivity contribution is -0.140. The summed E-state index contributed by atoms with van der Waals surface area (Å²) in [6.45, 7) is 4.31. The van der Waals surface area contributed by atoms with Crippen LogP contribution in [0.3, 0.4) is 0 Å². The van der Waals surface area contributed by atoms with E-state index in [-0.39, 0.29) is 17.1 Å². The summed E-state index contributed by atoms with van der Waals surface area (Å²) in [4.78, 5) is 15.5. The first-order chi connectivity index (χ1) is 11.6. The Morgan fingerprint density at radius 1 is 1.00 bits per heavy atom. The van der Waals surface area contributed by atoms with Crippen LogP contribution in [0.25, 0.3) is 0 Å². The fourth-order valence-corrected chi connectivity index (χ4v) is 4.50. The molecule has 1 aromatic carbocycles. The molecular formula is C19H24FNO3. The average molecular weight is 333 g/mol. The number of halogens is 1. The predicted molar refractivity (Wildman–Crippen MR) is 87.2 cm³/mol. The van der Waals surface area contributed by atoms with Gasteiger partial charge >= 0.3 is 0 Å². The smallest absolute Gasteiger partial charge is 0.233 e. The summed E-state index contributed by atoms with van der Waals surface area (Å²) in [5.41, 5.74) is 0.503. The van der Waals surface area contributed by atoms with Crippen molar-refractivity contribution >= 4 is 5.91 Å². The van der Waals surface area contributed by atoms with Crippen LogP contribution in [-0.2, 0) is 19.7 Å². The van der Waals surface area contributed by atoms with Crippen LogP contribution in [0.5, 0.6) is 0 Å². The quantitative estimate of drug-likeness (QED) is 0.835. The summed E-state index contributed by atoms with van der Waals surface area (Å²) in [5.74, 6) is -0.0854. The lowest BCUT2D eigenvalue weighted by atomic mass is 9.73. The third-order valence-electron chi connectivity index (χ3n) is 6.06. The number of carbonyl (C=O) groups excluding carboxylic acids is 1. The van der Waals surface area contributed by atoms with Gasteiger partial charge in [-0.1, -0.05) is 12.1 Å². The number of hydrogen-bond acceptors (Lipinski definition) is 3. The lowest BCUT2D eigenvalue weighted by Gasteiger charge is -2.39. The average Bonchev–Trinajstić information content (AvgIpc) is 3.26. The molecule has 4 rings (SSSR count). The second-order valence-corrected chi connectivity index (χ2v) is 7.48. The zero-order valence-corrected chi connectivity index (χ0v) is 13.9. The maximum absolute atomic E-state index is 13.5. The van der Waals surface area contributed by atoms with Crippen LogP contribution in [0.1, 0.15) is 31.2 Å². The van der Waals surface area contributed by atoms with Gasteiger partial charge in [0.25, 0.3) is 0 Å². The third kappa shape index (κ3) is 2.64. The van der Waals surface area contributed by atoms with Crippen molar-refractivity contribution in [2.75, 3.05) is 39.5 Å². The number of carbonyl (C=O) groups is 1. The molecule has 1 spiro atoms. The van der Waals surface area contributed by atoms with Crippen molar-refractivity contribution in [1.82, 2.24) is 4.90 Å². The monoisotopic (exact) mass is 333 g/mol. The van der Waals surface area contributed by atoms with Gasteiger partial charge in [-0.05, 0) is 43.4 Å². The number of benzene rings is 1. The molecule has 0 N–H and O–H groups in total. The molecule has 0 aliphatic carbocycles. The Morgan fingerprint density at radius 2 is 1.71 bits per heavy atom. The number of nitrogens with zero attached hydrogens (tertiary/aromatic N) is 1. The van der Waals surface area contributed by atoms with Crippen molar-refractivity contribution in [3.8, 4) is 0 Å². The molecule has 1 aromatic rings. The van der Waals surface area contributed by atoms with Crippen molar-refractivity contribution in [1.29, 1.82) is 0 Å². The fraction of sp³-hybridized carbons (Fsp3) is 0.632. The Morgan fingerprint density at radius 3 is 2.38 bits per heavy atom. The number of amides is 1. The van der Waals surface area contributed by atoms with E-state index in [1.165, 1.54) is 12.1 Å². The van der Waals surface area contributed by atoms with Crippen LogP contribution in [0.4, 0.5) is 4.39 Å². The topological polar surface area (TPSA) is 38.8 Å². The molecule has 3 heterocycles.